The van der Waals surface area contributed by atoms with E-state index in [4.69, 9.17) is 9.72 Å². The molecule has 1 saturated carbocycles. The number of imidazole rings is 1. The minimum Gasteiger partial charge on any atom is -0.368 e. The number of nitrogens with one attached hydrogen (secondary N) is 1. The average Bonchev–Trinajstić information content (AvgIpc) is 3.11. The molecule has 5 nitrogen and oxygen atoms in total. The molecule has 1 aliphatic carbocycles. The third-order valence-electron chi connectivity index (χ3n) is 5.64. The first-order valence-electron chi connectivity index (χ1n) is 9.63. The Kier molecular flexibility index (Phi) is 5.02. The summed E-state index contributed by atoms with van der Waals surface area (Å²) in [5, 5.41) is 0. The summed E-state index contributed by atoms with van der Waals surface area (Å²) in [5.41, 5.74) is 2.12. The summed E-state index contributed by atoms with van der Waals surface area (Å²) >= 11 is 0. The van der Waals surface area contributed by atoms with Crippen molar-refractivity contribution in [3.05, 3.63) is 30.1 Å². The number of aromatic nitrogens is 2. The molecule has 4 rings (SSSR count). The number of piperidine rings is 1. The Morgan fingerprint density at radius 2 is 1.88 bits per heavy atom. The lowest BCUT2D eigenvalue weighted by Crippen LogP contribution is -2.40. The van der Waals surface area contributed by atoms with Gasteiger partial charge in [0.1, 0.15) is 12.4 Å². The Hall–Kier alpha value is -1.88. The Balaban J connectivity index is 1.28. The van der Waals surface area contributed by atoms with E-state index < -0.39 is 0 Å². The Morgan fingerprint density at radius 1 is 1.12 bits per heavy atom. The number of aromatic amines is 1. The van der Waals surface area contributed by atoms with E-state index in [9.17, 15) is 4.79 Å². The fourth-order valence-electron chi connectivity index (χ4n) is 4.08. The standard InChI is InChI=1S/C20H27N3O2/c24-19(14-25-16-6-2-1-3-7-16)23-12-10-15(11-13-23)20-21-17-8-4-5-9-18(17)22-20/h4-5,8-9,15-16H,1-3,6-7,10-14H2,(H,21,22). The van der Waals surface area contributed by atoms with Crippen molar-refractivity contribution in [2.24, 2.45) is 0 Å². The Morgan fingerprint density at radius 3 is 2.64 bits per heavy atom. The van der Waals surface area contributed by atoms with E-state index in [2.05, 4.69) is 11.1 Å². The lowest BCUT2D eigenvalue weighted by atomic mass is 9.96. The molecule has 1 aromatic carbocycles. The van der Waals surface area contributed by atoms with Gasteiger partial charge in [0.05, 0.1) is 17.1 Å². The van der Waals surface area contributed by atoms with Crippen molar-refractivity contribution in [1.29, 1.82) is 0 Å². The number of likely N-dealkylation sites (tertiary alicyclic amines) is 1. The molecule has 2 aliphatic rings. The van der Waals surface area contributed by atoms with E-state index >= 15 is 0 Å². The smallest absolute Gasteiger partial charge is 0.248 e. The van der Waals surface area contributed by atoms with Crippen LogP contribution in [0.4, 0.5) is 0 Å². The molecular formula is C20H27N3O2. The number of H-pyrrole nitrogens is 1. The number of ether oxygens (including phenoxy) is 1. The van der Waals surface area contributed by atoms with Crippen molar-refractivity contribution in [3.63, 3.8) is 0 Å². The molecule has 0 spiro atoms. The summed E-state index contributed by atoms with van der Waals surface area (Å²) in [6, 6.07) is 8.14. The Bertz CT molecular complexity index is 680. The predicted octanol–water partition coefficient (Wildman–Crippen LogP) is 3.62. The predicted molar refractivity (Wildman–Crippen MR) is 97.5 cm³/mol. The van der Waals surface area contributed by atoms with Crippen molar-refractivity contribution >= 4 is 16.9 Å². The van der Waals surface area contributed by atoms with Gasteiger partial charge in [-0.3, -0.25) is 4.79 Å². The van der Waals surface area contributed by atoms with E-state index in [0.29, 0.717) is 12.0 Å². The van der Waals surface area contributed by atoms with E-state index in [1.54, 1.807) is 0 Å². The molecule has 1 amide bonds. The molecule has 1 N–H and O–H groups in total. The number of hydrogen-bond donors (Lipinski definition) is 1. The first-order valence-corrected chi connectivity index (χ1v) is 9.63. The Labute approximate surface area is 148 Å². The average molecular weight is 341 g/mol. The highest BCUT2D eigenvalue weighted by Gasteiger charge is 2.26. The van der Waals surface area contributed by atoms with Crippen LogP contribution in [0, 0.1) is 0 Å². The van der Waals surface area contributed by atoms with Gasteiger partial charge >= 0.3 is 0 Å². The highest BCUT2D eigenvalue weighted by Crippen LogP contribution is 2.28. The molecule has 0 atom stereocenters. The zero-order valence-corrected chi connectivity index (χ0v) is 14.7. The van der Waals surface area contributed by atoms with Crippen molar-refractivity contribution in [3.8, 4) is 0 Å². The SMILES string of the molecule is O=C(COC1CCCCC1)N1CCC(c2nc3ccccc3[nH]2)CC1. The molecule has 0 unspecified atom stereocenters. The van der Waals surface area contributed by atoms with Crippen LogP contribution in [-0.2, 0) is 9.53 Å². The normalized spacial score (nSPS) is 20.2. The highest BCUT2D eigenvalue weighted by molar-refractivity contribution is 5.77. The highest BCUT2D eigenvalue weighted by atomic mass is 16.5. The van der Waals surface area contributed by atoms with Crippen LogP contribution < -0.4 is 0 Å². The number of benzene rings is 1. The number of fused-ring (bicyclic) bond motifs is 1. The second-order valence-electron chi connectivity index (χ2n) is 7.37. The molecule has 1 aliphatic heterocycles. The van der Waals surface area contributed by atoms with E-state index in [-0.39, 0.29) is 12.5 Å². The summed E-state index contributed by atoms with van der Waals surface area (Å²) in [7, 11) is 0. The molecule has 2 fully saturated rings. The summed E-state index contributed by atoms with van der Waals surface area (Å²) in [4.78, 5) is 22.5. The first-order chi connectivity index (χ1) is 12.3. The van der Waals surface area contributed by atoms with E-state index in [0.717, 1.165) is 55.6 Å². The lowest BCUT2D eigenvalue weighted by molar-refractivity contribution is -0.139. The van der Waals surface area contributed by atoms with Gasteiger partial charge < -0.3 is 14.6 Å². The summed E-state index contributed by atoms with van der Waals surface area (Å²) < 4.78 is 5.84. The van der Waals surface area contributed by atoms with Crippen molar-refractivity contribution in [1.82, 2.24) is 14.9 Å². The number of nitrogens with zero attached hydrogens (tertiary/aromatic N) is 2. The minimum atomic E-state index is 0.147. The number of rotatable bonds is 4. The van der Waals surface area contributed by atoms with Gasteiger partial charge in [-0.1, -0.05) is 31.4 Å². The van der Waals surface area contributed by atoms with Crippen molar-refractivity contribution in [2.75, 3.05) is 19.7 Å². The van der Waals surface area contributed by atoms with Gasteiger partial charge in [-0.05, 0) is 37.8 Å². The maximum Gasteiger partial charge on any atom is 0.248 e. The molecule has 134 valence electrons. The molecule has 5 heteroatoms. The van der Waals surface area contributed by atoms with Crippen LogP contribution in [-0.4, -0.2) is 46.6 Å². The van der Waals surface area contributed by atoms with Crippen LogP contribution in [0.25, 0.3) is 11.0 Å². The zero-order valence-electron chi connectivity index (χ0n) is 14.7. The second-order valence-corrected chi connectivity index (χ2v) is 7.37. The van der Waals surface area contributed by atoms with Crippen LogP contribution in [0.2, 0.25) is 0 Å². The fourth-order valence-corrected chi connectivity index (χ4v) is 4.08. The number of amides is 1. The first kappa shape index (κ1) is 16.6. The van der Waals surface area contributed by atoms with Gasteiger partial charge in [-0.15, -0.1) is 0 Å². The topological polar surface area (TPSA) is 58.2 Å². The van der Waals surface area contributed by atoms with E-state index in [1.165, 1.54) is 19.3 Å². The fraction of sp³-hybridized carbons (Fsp3) is 0.600. The van der Waals surface area contributed by atoms with Crippen LogP contribution in [0.5, 0.6) is 0 Å². The van der Waals surface area contributed by atoms with Crippen molar-refractivity contribution in [2.45, 2.75) is 57.0 Å². The quantitative estimate of drug-likeness (QED) is 0.924. The number of carbonyl (C=O) groups is 1. The zero-order chi connectivity index (χ0) is 17.1. The van der Waals surface area contributed by atoms with Gasteiger partial charge in [-0.2, -0.15) is 0 Å². The molecule has 2 heterocycles. The lowest BCUT2D eigenvalue weighted by Gasteiger charge is -2.32. The summed E-state index contributed by atoms with van der Waals surface area (Å²) in [6.07, 6.45) is 8.24. The number of carbonyl (C=O) groups excluding carboxylic acids is 1. The molecule has 0 bridgehead atoms. The van der Waals surface area contributed by atoms with Gasteiger partial charge in [0.15, 0.2) is 0 Å². The van der Waals surface area contributed by atoms with Gasteiger partial charge in [0.25, 0.3) is 0 Å². The van der Waals surface area contributed by atoms with Gasteiger partial charge in [0, 0.05) is 19.0 Å². The number of para-hydroxylation sites is 2. The van der Waals surface area contributed by atoms with Gasteiger partial charge in [0.2, 0.25) is 5.91 Å². The maximum atomic E-state index is 12.4. The summed E-state index contributed by atoms with van der Waals surface area (Å²) in [5.74, 6) is 1.62. The molecule has 25 heavy (non-hydrogen) atoms. The molecule has 1 saturated heterocycles. The van der Waals surface area contributed by atoms with Crippen molar-refractivity contribution < 1.29 is 9.53 Å². The van der Waals surface area contributed by atoms with Crippen LogP contribution in [0.3, 0.4) is 0 Å². The van der Waals surface area contributed by atoms with Crippen LogP contribution in [0.1, 0.15) is 56.7 Å². The monoisotopic (exact) mass is 341 g/mol. The molecule has 2 aromatic rings. The number of hydrogen-bond acceptors (Lipinski definition) is 3. The maximum absolute atomic E-state index is 12.4. The van der Waals surface area contributed by atoms with Crippen LogP contribution >= 0.6 is 0 Å². The minimum absolute atomic E-state index is 0.147. The molecule has 0 radical (unpaired) electrons. The second kappa shape index (κ2) is 7.56. The van der Waals surface area contributed by atoms with E-state index in [1.807, 2.05) is 23.1 Å². The summed E-state index contributed by atoms with van der Waals surface area (Å²) in [6.45, 7) is 1.85. The van der Waals surface area contributed by atoms with Crippen LogP contribution in [0.15, 0.2) is 24.3 Å². The third-order valence-corrected chi connectivity index (χ3v) is 5.64. The third kappa shape index (κ3) is 3.87. The molecule has 1 aromatic heterocycles. The van der Waals surface area contributed by atoms with Gasteiger partial charge in [-0.25, -0.2) is 4.98 Å². The molecular weight excluding hydrogens is 314 g/mol. The largest absolute Gasteiger partial charge is 0.368 e.